The summed E-state index contributed by atoms with van der Waals surface area (Å²) >= 11 is 0. The monoisotopic (exact) mass is 376 g/mol. The molecule has 1 spiro atoms. The Labute approximate surface area is 169 Å². The first-order chi connectivity index (χ1) is 14.2. The Morgan fingerprint density at radius 2 is 1.76 bits per heavy atom. The van der Waals surface area contributed by atoms with Crippen LogP contribution < -0.4 is 15.2 Å². The van der Waals surface area contributed by atoms with E-state index >= 15 is 0 Å². The van der Waals surface area contributed by atoms with Gasteiger partial charge in [-0.15, -0.1) is 0 Å². The van der Waals surface area contributed by atoms with Crippen molar-refractivity contribution in [2.24, 2.45) is 5.92 Å². The Morgan fingerprint density at radius 1 is 0.897 bits per heavy atom. The van der Waals surface area contributed by atoms with E-state index < -0.39 is 5.79 Å². The lowest BCUT2D eigenvalue weighted by atomic mass is 9.79. The highest BCUT2D eigenvalue weighted by Gasteiger charge is 2.47. The highest BCUT2D eigenvalue weighted by Crippen LogP contribution is 2.47. The molecule has 2 nitrogen and oxygen atoms in total. The van der Waals surface area contributed by atoms with Crippen LogP contribution in [-0.2, 0) is 11.2 Å². The van der Waals surface area contributed by atoms with Gasteiger partial charge in [-0.1, -0.05) is 73.9 Å². The number of fused-ring (bicyclic) bond motifs is 6. The van der Waals surface area contributed by atoms with Gasteiger partial charge in [-0.05, 0) is 35.4 Å². The predicted octanol–water partition coefficient (Wildman–Crippen LogP) is 4.08. The van der Waals surface area contributed by atoms with E-state index in [4.69, 9.17) is 9.47 Å². The fourth-order valence-corrected chi connectivity index (χ4v) is 4.65. The number of allylic oxidation sites excluding steroid dienone is 10. The Kier molecular flexibility index (Phi) is 3.25. The average Bonchev–Trinajstić information content (AvgIpc) is 2.75. The number of ether oxygens (including phenoxy) is 2. The first kappa shape index (κ1) is 16.4. The lowest BCUT2D eigenvalue weighted by molar-refractivity contribution is -0.0928. The summed E-state index contributed by atoms with van der Waals surface area (Å²) in [5, 5.41) is 2.22. The van der Waals surface area contributed by atoms with Gasteiger partial charge >= 0.3 is 5.79 Å². The third kappa shape index (κ3) is 2.23. The SMILES string of the molecule is C=C1C=C2C(=CC=C3C=CC=CC32)OC12Oc1c3c(ccc1=CC2=C)=CC=CC3. The summed E-state index contributed by atoms with van der Waals surface area (Å²) in [7, 11) is 0. The van der Waals surface area contributed by atoms with Gasteiger partial charge in [-0.25, -0.2) is 0 Å². The number of benzene rings is 1. The van der Waals surface area contributed by atoms with Crippen molar-refractivity contribution in [2.75, 3.05) is 0 Å². The van der Waals surface area contributed by atoms with Gasteiger partial charge in [0.1, 0.15) is 11.5 Å². The second kappa shape index (κ2) is 5.74. The molecule has 0 amide bonds. The van der Waals surface area contributed by atoms with Crippen molar-refractivity contribution in [2.45, 2.75) is 12.2 Å². The zero-order valence-electron chi connectivity index (χ0n) is 16.0. The first-order valence-electron chi connectivity index (χ1n) is 9.92. The van der Waals surface area contributed by atoms with Crippen molar-refractivity contribution in [3.63, 3.8) is 0 Å². The van der Waals surface area contributed by atoms with Crippen LogP contribution >= 0.6 is 0 Å². The average molecular weight is 376 g/mol. The van der Waals surface area contributed by atoms with Crippen LogP contribution in [0.2, 0.25) is 0 Å². The fraction of sp³-hybridized carbons (Fsp3) is 0.111. The molecule has 1 aromatic rings. The summed E-state index contributed by atoms with van der Waals surface area (Å²) in [5.41, 5.74) is 5.09. The van der Waals surface area contributed by atoms with E-state index in [0.29, 0.717) is 0 Å². The molecule has 2 heteroatoms. The fourth-order valence-electron chi connectivity index (χ4n) is 4.65. The van der Waals surface area contributed by atoms with Crippen LogP contribution in [0.4, 0.5) is 0 Å². The quantitative estimate of drug-likeness (QED) is 0.679. The van der Waals surface area contributed by atoms with E-state index in [2.05, 4.69) is 86.1 Å². The molecule has 0 fully saturated rings. The topological polar surface area (TPSA) is 18.5 Å². The lowest BCUT2D eigenvalue weighted by Gasteiger charge is -2.44. The van der Waals surface area contributed by atoms with Gasteiger partial charge in [0.15, 0.2) is 0 Å². The third-order valence-electron chi connectivity index (χ3n) is 6.17. The second-order valence-electron chi connectivity index (χ2n) is 7.89. The van der Waals surface area contributed by atoms with Crippen molar-refractivity contribution in [3.05, 3.63) is 124 Å². The first-order valence-corrected chi connectivity index (χ1v) is 9.92. The van der Waals surface area contributed by atoms with Crippen molar-refractivity contribution < 1.29 is 9.47 Å². The minimum atomic E-state index is -1.10. The predicted molar refractivity (Wildman–Crippen MR) is 116 cm³/mol. The summed E-state index contributed by atoms with van der Waals surface area (Å²) in [6.45, 7) is 8.62. The molecule has 5 aliphatic rings. The molecule has 0 radical (unpaired) electrons. The summed E-state index contributed by atoms with van der Waals surface area (Å²) in [4.78, 5) is 0. The largest absolute Gasteiger partial charge is 0.444 e. The molecule has 2 atom stereocenters. The molecule has 0 saturated heterocycles. The minimum absolute atomic E-state index is 0.190. The lowest BCUT2D eigenvalue weighted by Crippen LogP contribution is -2.48. The molecular weight excluding hydrogens is 356 g/mol. The molecule has 1 aromatic carbocycles. The maximum atomic E-state index is 6.62. The van der Waals surface area contributed by atoms with Gasteiger partial charge < -0.3 is 9.47 Å². The van der Waals surface area contributed by atoms with Gasteiger partial charge in [-0.3, -0.25) is 0 Å². The van der Waals surface area contributed by atoms with E-state index in [9.17, 15) is 0 Å². The van der Waals surface area contributed by atoms with E-state index in [1.54, 1.807) is 0 Å². The highest BCUT2D eigenvalue weighted by atomic mass is 16.7. The van der Waals surface area contributed by atoms with Gasteiger partial charge in [0.2, 0.25) is 0 Å². The molecule has 0 N–H and O–H groups in total. The molecule has 0 aromatic heterocycles. The molecular formula is C27H20O2. The van der Waals surface area contributed by atoms with Crippen LogP contribution in [-0.4, -0.2) is 5.79 Å². The number of hydrogen-bond acceptors (Lipinski definition) is 2. The maximum absolute atomic E-state index is 6.62. The standard InChI is InChI=1S/C27H20O2/c1-17-15-21-12-11-20-8-4-6-10-23(20)26(21)29-27(17)18(2)16-24-22-9-5-3-7-19(22)13-14-25(24)28-27/h3-9,11-16,22H,1-2,10H2. The summed E-state index contributed by atoms with van der Waals surface area (Å²) < 4.78 is 13.2. The summed E-state index contributed by atoms with van der Waals surface area (Å²) in [6, 6.07) is 4.22. The van der Waals surface area contributed by atoms with Crippen LogP contribution in [0, 0.1) is 5.92 Å². The van der Waals surface area contributed by atoms with Crippen LogP contribution in [0.5, 0.6) is 5.75 Å². The number of rotatable bonds is 0. The van der Waals surface area contributed by atoms with Crippen molar-refractivity contribution in [1.29, 1.82) is 0 Å². The number of hydrogen-bond donors (Lipinski definition) is 0. The molecule has 0 bridgehead atoms. The van der Waals surface area contributed by atoms with Crippen LogP contribution in [0.15, 0.2) is 108 Å². The van der Waals surface area contributed by atoms with E-state index in [-0.39, 0.29) is 5.92 Å². The van der Waals surface area contributed by atoms with Gasteiger partial charge in [0.25, 0.3) is 0 Å². The minimum Gasteiger partial charge on any atom is -0.444 e. The van der Waals surface area contributed by atoms with Gasteiger partial charge in [0.05, 0.1) is 0 Å². The smallest absolute Gasteiger partial charge is 0.304 e. The Bertz CT molecular complexity index is 1310. The highest BCUT2D eigenvalue weighted by molar-refractivity contribution is 5.66. The van der Waals surface area contributed by atoms with Crippen LogP contribution in [0.25, 0.3) is 12.2 Å². The Morgan fingerprint density at radius 3 is 2.69 bits per heavy atom. The molecule has 2 heterocycles. The molecule has 2 unspecified atom stereocenters. The van der Waals surface area contributed by atoms with E-state index in [0.717, 1.165) is 39.9 Å². The third-order valence-corrected chi connectivity index (χ3v) is 6.17. The van der Waals surface area contributed by atoms with Crippen LogP contribution in [0.3, 0.4) is 0 Å². The van der Waals surface area contributed by atoms with E-state index in [1.807, 2.05) is 6.08 Å². The zero-order chi connectivity index (χ0) is 19.6. The molecule has 2 aliphatic heterocycles. The molecule has 3 aliphatic carbocycles. The normalized spacial score (nSPS) is 27.7. The van der Waals surface area contributed by atoms with Gasteiger partial charge in [-0.2, -0.15) is 0 Å². The van der Waals surface area contributed by atoms with Crippen molar-refractivity contribution in [1.82, 2.24) is 0 Å². The van der Waals surface area contributed by atoms with Crippen LogP contribution in [0.1, 0.15) is 5.56 Å². The van der Waals surface area contributed by atoms with E-state index in [1.165, 1.54) is 16.4 Å². The molecule has 0 saturated carbocycles. The molecule has 140 valence electrons. The summed E-state index contributed by atoms with van der Waals surface area (Å²) in [5.74, 6) is 0.773. The summed E-state index contributed by atoms with van der Waals surface area (Å²) in [6.07, 6.45) is 24.0. The Balaban J connectivity index is 1.50. The van der Waals surface area contributed by atoms with Gasteiger partial charge in [0, 0.05) is 33.4 Å². The van der Waals surface area contributed by atoms with Crippen molar-refractivity contribution >= 4 is 12.2 Å². The molecule has 6 rings (SSSR count). The maximum Gasteiger partial charge on any atom is 0.304 e. The molecule has 29 heavy (non-hydrogen) atoms. The Hall–Kier alpha value is -3.52. The van der Waals surface area contributed by atoms with Crippen molar-refractivity contribution in [3.8, 4) is 5.75 Å². The zero-order valence-corrected chi connectivity index (χ0v) is 16.0. The second-order valence-corrected chi connectivity index (χ2v) is 7.89.